The van der Waals surface area contributed by atoms with E-state index < -0.39 is 71.1 Å². The molecule has 2 atom stereocenters. The minimum absolute atomic E-state index is 0.0274. The Bertz CT molecular complexity index is 1430. The molecule has 0 amide bonds. The van der Waals surface area contributed by atoms with E-state index in [9.17, 15) is 34.8 Å². The van der Waals surface area contributed by atoms with Crippen molar-refractivity contribution < 1.29 is 44.3 Å². The summed E-state index contributed by atoms with van der Waals surface area (Å²) in [6.07, 6.45) is -2.63. The van der Waals surface area contributed by atoms with Crippen LogP contribution in [0.4, 0.5) is 0 Å². The minimum Gasteiger partial charge on any atom is -0.507 e. The van der Waals surface area contributed by atoms with Crippen LogP contribution in [0.2, 0.25) is 0 Å². The number of rotatable bonds is 5. The number of aliphatic hydroxyl groups excluding tert-OH is 1. The van der Waals surface area contributed by atoms with Gasteiger partial charge < -0.3 is 29.9 Å². The molecule has 2 aliphatic carbocycles. The van der Waals surface area contributed by atoms with Crippen molar-refractivity contribution in [1.29, 1.82) is 0 Å². The van der Waals surface area contributed by atoms with Crippen molar-refractivity contribution in [1.82, 2.24) is 0 Å². The molecule has 2 unspecified atom stereocenters. The standard InChI is InChI=1S/C27H22O9/c1-35-17-9-5-8-14-20(17)26(33)22-21(23(14)30)24(31)15-10-27(34,11-16(28)19(15)25(22)32)18(29)12-36-13-6-3-2-4-7-13/h2-9,16,28,31-32,34H,10-12H2,1H3. The zero-order valence-corrected chi connectivity index (χ0v) is 19.1. The highest BCUT2D eigenvalue weighted by atomic mass is 16.5. The van der Waals surface area contributed by atoms with Gasteiger partial charge >= 0.3 is 0 Å². The van der Waals surface area contributed by atoms with Crippen LogP contribution < -0.4 is 9.47 Å². The number of Topliss-reactive ketones (excluding diaryl/α,β-unsaturated/α-hetero) is 1. The molecule has 9 nitrogen and oxygen atoms in total. The third kappa shape index (κ3) is 3.43. The van der Waals surface area contributed by atoms with Crippen LogP contribution in [0.15, 0.2) is 48.5 Å². The van der Waals surface area contributed by atoms with Gasteiger partial charge in [-0.05, 0) is 18.2 Å². The number of fused-ring (bicyclic) bond motifs is 3. The number of hydrogen-bond acceptors (Lipinski definition) is 9. The van der Waals surface area contributed by atoms with E-state index in [-0.39, 0.29) is 28.0 Å². The van der Waals surface area contributed by atoms with Crippen molar-refractivity contribution in [2.45, 2.75) is 24.5 Å². The molecule has 2 aliphatic rings. The van der Waals surface area contributed by atoms with Crippen LogP contribution >= 0.6 is 0 Å². The van der Waals surface area contributed by atoms with Crippen molar-refractivity contribution in [3.8, 4) is 23.0 Å². The van der Waals surface area contributed by atoms with E-state index in [2.05, 4.69) is 0 Å². The number of benzene rings is 3. The lowest BCUT2D eigenvalue weighted by molar-refractivity contribution is -0.144. The molecule has 0 saturated heterocycles. The average Bonchev–Trinajstić information content (AvgIpc) is 2.87. The quantitative estimate of drug-likeness (QED) is 0.309. The van der Waals surface area contributed by atoms with Crippen molar-refractivity contribution >= 4 is 17.3 Å². The molecule has 36 heavy (non-hydrogen) atoms. The maximum atomic E-state index is 13.3. The second kappa shape index (κ2) is 8.47. The maximum absolute atomic E-state index is 13.3. The van der Waals surface area contributed by atoms with E-state index in [0.717, 1.165) is 0 Å². The molecule has 3 aromatic rings. The van der Waals surface area contributed by atoms with Crippen molar-refractivity contribution in [2.75, 3.05) is 13.7 Å². The smallest absolute Gasteiger partial charge is 0.202 e. The van der Waals surface area contributed by atoms with Crippen molar-refractivity contribution in [3.05, 3.63) is 81.9 Å². The number of carbonyl (C=O) groups is 3. The first kappa shape index (κ1) is 23.5. The topological polar surface area (TPSA) is 151 Å². The highest BCUT2D eigenvalue weighted by Gasteiger charge is 2.48. The molecule has 3 aromatic carbocycles. The lowest BCUT2D eigenvalue weighted by Crippen LogP contribution is -2.47. The summed E-state index contributed by atoms with van der Waals surface area (Å²) in [6, 6.07) is 12.9. The van der Waals surface area contributed by atoms with Crippen LogP contribution in [0.3, 0.4) is 0 Å². The molecule has 0 aliphatic heterocycles. The van der Waals surface area contributed by atoms with Gasteiger partial charge in [-0.2, -0.15) is 0 Å². The molecule has 0 heterocycles. The van der Waals surface area contributed by atoms with Gasteiger partial charge in [0.1, 0.15) is 35.2 Å². The number of para-hydroxylation sites is 1. The summed E-state index contributed by atoms with van der Waals surface area (Å²) in [5.74, 6) is -3.10. The number of phenols is 2. The van der Waals surface area contributed by atoms with Crippen LogP contribution in [0.5, 0.6) is 23.0 Å². The molecule has 184 valence electrons. The van der Waals surface area contributed by atoms with E-state index in [0.29, 0.717) is 5.75 Å². The Morgan fingerprint density at radius 3 is 2.36 bits per heavy atom. The van der Waals surface area contributed by atoms with E-state index in [1.807, 2.05) is 0 Å². The lowest BCUT2D eigenvalue weighted by Gasteiger charge is -2.37. The Morgan fingerprint density at radius 2 is 1.67 bits per heavy atom. The van der Waals surface area contributed by atoms with Gasteiger partial charge in [0.25, 0.3) is 0 Å². The van der Waals surface area contributed by atoms with Crippen molar-refractivity contribution in [3.63, 3.8) is 0 Å². The van der Waals surface area contributed by atoms with Gasteiger partial charge in [0, 0.05) is 29.5 Å². The number of aliphatic hydroxyl groups is 2. The summed E-state index contributed by atoms with van der Waals surface area (Å²) < 4.78 is 10.6. The number of ketones is 3. The summed E-state index contributed by atoms with van der Waals surface area (Å²) in [4.78, 5) is 39.6. The third-order valence-corrected chi connectivity index (χ3v) is 6.73. The van der Waals surface area contributed by atoms with Crippen LogP contribution in [-0.2, 0) is 11.2 Å². The zero-order valence-electron chi connectivity index (χ0n) is 19.1. The van der Waals surface area contributed by atoms with Crippen LogP contribution in [0, 0.1) is 0 Å². The second-order valence-electron chi connectivity index (χ2n) is 8.83. The fraction of sp³-hybridized carbons (Fsp3) is 0.222. The van der Waals surface area contributed by atoms with Gasteiger partial charge in [-0.25, -0.2) is 0 Å². The minimum atomic E-state index is -2.15. The fourth-order valence-corrected chi connectivity index (χ4v) is 4.96. The van der Waals surface area contributed by atoms with E-state index >= 15 is 0 Å². The van der Waals surface area contributed by atoms with Crippen LogP contribution in [0.25, 0.3) is 0 Å². The van der Waals surface area contributed by atoms with Gasteiger partial charge in [-0.15, -0.1) is 0 Å². The second-order valence-corrected chi connectivity index (χ2v) is 8.83. The first-order valence-corrected chi connectivity index (χ1v) is 11.2. The Balaban J connectivity index is 1.57. The Kier molecular flexibility index (Phi) is 5.54. The first-order valence-electron chi connectivity index (χ1n) is 11.2. The largest absolute Gasteiger partial charge is 0.507 e. The maximum Gasteiger partial charge on any atom is 0.202 e. The number of carbonyl (C=O) groups excluding carboxylic acids is 3. The summed E-state index contributed by atoms with van der Waals surface area (Å²) >= 11 is 0. The van der Waals surface area contributed by atoms with E-state index in [4.69, 9.17) is 9.47 Å². The normalized spacial score (nSPS) is 20.2. The van der Waals surface area contributed by atoms with E-state index in [1.165, 1.54) is 25.3 Å². The third-order valence-electron chi connectivity index (χ3n) is 6.73. The first-order chi connectivity index (χ1) is 17.2. The predicted molar refractivity (Wildman–Crippen MR) is 125 cm³/mol. The SMILES string of the molecule is COc1cccc2c1C(=O)c1c(O)c3c(c(O)c1C2=O)CC(O)(C(=O)COc1ccccc1)CC3O. The molecule has 5 rings (SSSR count). The highest BCUT2D eigenvalue weighted by molar-refractivity contribution is 6.31. The molecule has 9 heteroatoms. The van der Waals surface area contributed by atoms with Gasteiger partial charge in [-0.3, -0.25) is 14.4 Å². The summed E-state index contributed by atoms with van der Waals surface area (Å²) in [6.45, 7) is -0.509. The molecule has 0 saturated carbocycles. The number of ether oxygens (including phenoxy) is 2. The number of aromatic hydroxyl groups is 2. The number of phenolic OH excluding ortho intramolecular Hbond substituents is 2. The highest BCUT2D eigenvalue weighted by Crippen LogP contribution is 2.51. The molecule has 0 spiro atoms. The van der Waals surface area contributed by atoms with Gasteiger partial charge in [0.05, 0.1) is 29.9 Å². The van der Waals surface area contributed by atoms with E-state index in [1.54, 1.807) is 30.3 Å². The Labute approximate surface area is 205 Å². The predicted octanol–water partition coefficient (Wildman–Crippen LogP) is 2.24. The van der Waals surface area contributed by atoms with Crippen LogP contribution in [-0.4, -0.2) is 57.1 Å². The molecule has 4 N–H and O–H groups in total. The van der Waals surface area contributed by atoms with Crippen molar-refractivity contribution in [2.24, 2.45) is 0 Å². The number of methoxy groups -OCH3 is 1. The molecule has 0 radical (unpaired) electrons. The fourth-order valence-electron chi connectivity index (χ4n) is 4.96. The monoisotopic (exact) mass is 490 g/mol. The molecular weight excluding hydrogens is 468 g/mol. The van der Waals surface area contributed by atoms with Gasteiger partial charge in [0.2, 0.25) is 11.6 Å². The van der Waals surface area contributed by atoms with Gasteiger partial charge in [0.15, 0.2) is 5.78 Å². The summed E-state index contributed by atoms with van der Waals surface area (Å²) in [5, 5.41) is 44.1. The average molecular weight is 490 g/mol. The molecular formula is C27H22O9. The summed E-state index contributed by atoms with van der Waals surface area (Å²) in [7, 11) is 1.33. The molecule has 0 fully saturated rings. The molecule has 0 bridgehead atoms. The molecule has 0 aromatic heterocycles. The van der Waals surface area contributed by atoms with Gasteiger partial charge in [-0.1, -0.05) is 30.3 Å². The zero-order chi connectivity index (χ0) is 25.8. The Hall–Kier alpha value is -4.21. The number of hydrogen-bond donors (Lipinski definition) is 4. The lowest BCUT2D eigenvalue weighted by atomic mass is 9.72. The summed E-state index contributed by atoms with van der Waals surface area (Å²) in [5.41, 5.74) is -3.57. The Morgan fingerprint density at radius 1 is 0.972 bits per heavy atom. The van der Waals surface area contributed by atoms with Crippen LogP contribution in [0.1, 0.15) is 55.5 Å².